The summed E-state index contributed by atoms with van der Waals surface area (Å²) in [5, 5.41) is 0. The van der Waals surface area contributed by atoms with Gasteiger partial charge in [-0.1, -0.05) is 0 Å². The van der Waals surface area contributed by atoms with Gasteiger partial charge in [0.2, 0.25) is 0 Å². The van der Waals surface area contributed by atoms with Crippen LogP contribution in [-0.4, -0.2) is 0 Å². The van der Waals surface area contributed by atoms with E-state index in [4.69, 9.17) is 40.9 Å². The molecule has 0 bridgehead atoms. The molecule has 0 aliphatic carbocycles. The zero-order chi connectivity index (χ0) is 8.00. The standard InChI is InChI=1S/4FH.4NO/c;;;;4*1-2/h4*1H;;;;/q;;;;4*+1/p-4. The van der Waals surface area contributed by atoms with Crippen molar-refractivity contribution in [3.8, 4) is 0 Å². The fraction of sp³-hybridized carbons (Fsp3) is 0. The van der Waals surface area contributed by atoms with Crippen molar-refractivity contribution in [1.29, 1.82) is 21.8 Å². The second-order valence-corrected chi connectivity index (χ2v) is 0. The van der Waals surface area contributed by atoms with Crippen molar-refractivity contribution in [2.45, 2.75) is 0 Å². The molecule has 0 aromatic heterocycles. The summed E-state index contributed by atoms with van der Waals surface area (Å²) in [7, 11) is 0. The number of nitrogens with zero attached hydrogens (tertiary/aromatic N) is 4. The molecule has 12 heteroatoms. The zero-order valence-electron chi connectivity index (χ0n) is 4.93. The number of halogens is 4. The molecular weight excluding hydrogens is 196 g/mol. The number of rotatable bonds is 0. The van der Waals surface area contributed by atoms with Gasteiger partial charge in [-0.25, -0.2) is 0 Å². The topological polar surface area (TPSA) is 175 Å². The summed E-state index contributed by atoms with van der Waals surface area (Å²) in [4.78, 5) is 0. The van der Waals surface area contributed by atoms with E-state index in [1.54, 1.807) is 0 Å². The van der Waals surface area contributed by atoms with Crippen LogP contribution in [0.2, 0.25) is 0 Å². The van der Waals surface area contributed by atoms with E-state index < -0.39 is 0 Å². The molecule has 0 saturated carbocycles. The van der Waals surface area contributed by atoms with Gasteiger partial charge in [-0.15, -0.1) is 0 Å². The Morgan fingerprint density at radius 1 is 0.333 bits per heavy atom. The Morgan fingerprint density at radius 2 is 0.333 bits per heavy atom. The van der Waals surface area contributed by atoms with Crippen molar-refractivity contribution >= 4 is 0 Å². The van der Waals surface area contributed by atoms with Crippen LogP contribution in [0, 0.1) is 21.8 Å². The van der Waals surface area contributed by atoms with E-state index in [2.05, 4.69) is 0 Å². The van der Waals surface area contributed by atoms with Crippen LogP contribution >= 0.6 is 0 Å². The molecule has 0 aromatic rings. The minimum atomic E-state index is 0. The van der Waals surface area contributed by atoms with E-state index in [0.29, 0.717) is 0 Å². The number of hydrogen-bond acceptors (Lipinski definition) is 4. The van der Waals surface area contributed by atoms with Crippen LogP contribution in [0.15, 0.2) is 0 Å². The fourth-order valence-electron chi connectivity index (χ4n) is 0. The Kier molecular flexibility index (Phi) is 3440. The average Bonchev–Trinajstić information content (AvgIpc) is 2.03. The Hall–Kier alpha value is -1.60. The molecule has 0 saturated heterocycles. The number of hydrogen-bond donors (Lipinski definition) is 0. The molecule has 0 atom stereocenters. The molecule has 0 spiro atoms. The first-order chi connectivity index (χ1) is 4.00. The molecule has 0 heterocycles. The van der Waals surface area contributed by atoms with E-state index in [0.717, 1.165) is 0 Å². The summed E-state index contributed by atoms with van der Waals surface area (Å²) in [5.74, 6) is 0. The first-order valence-corrected chi connectivity index (χ1v) is 0.730. The molecule has 0 aromatic carbocycles. The van der Waals surface area contributed by atoms with Crippen molar-refractivity contribution < 1.29 is 37.9 Å². The van der Waals surface area contributed by atoms with Crippen molar-refractivity contribution in [2.24, 2.45) is 0 Å². The second kappa shape index (κ2) is 259. The monoisotopic (exact) mass is 196 g/mol. The Morgan fingerprint density at radius 3 is 0.333 bits per heavy atom. The molecule has 12 heavy (non-hydrogen) atoms. The minimum Gasteiger partial charge on any atom is -1.00 e. The third-order valence-corrected chi connectivity index (χ3v) is 0. The molecule has 0 amide bonds. The molecule has 0 radical (unpaired) electrons. The third kappa shape index (κ3) is 180. The van der Waals surface area contributed by atoms with Crippen molar-refractivity contribution in [3.63, 3.8) is 0 Å². The molecule has 0 unspecified atom stereocenters. The molecule has 0 rings (SSSR count). The maximum absolute atomic E-state index is 7.25. The van der Waals surface area contributed by atoms with Gasteiger partial charge >= 0.3 is 40.9 Å². The van der Waals surface area contributed by atoms with Crippen LogP contribution in [0.4, 0.5) is 0 Å². The molecule has 72 valence electrons. The fourth-order valence-corrected chi connectivity index (χ4v) is 0. The van der Waals surface area contributed by atoms with Gasteiger partial charge in [0.15, 0.2) is 0 Å². The van der Waals surface area contributed by atoms with Gasteiger partial charge in [0.1, 0.15) is 0 Å². The maximum Gasteiger partial charge on any atom is -1.00 e. The van der Waals surface area contributed by atoms with E-state index in [9.17, 15) is 0 Å². The van der Waals surface area contributed by atoms with Crippen LogP contribution in [0.3, 0.4) is 0 Å². The molecule has 0 fully saturated rings. The smallest absolute Gasteiger partial charge is 1.00 e. The summed E-state index contributed by atoms with van der Waals surface area (Å²) in [5.41, 5.74) is 23.0. The van der Waals surface area contributed by atoms with Gasteiger partial charge in [0.25, 0.3) is 0 Å². The van der Waals surface area contributed by atoms with Crippen LogP contribution in [-0.2, 0) is 19.1 Å². The van der Waals surface area contributed by atoms with Gasteiger partial charge in [-0.3, -0.25) is 0 Å². The van der Waals surface area contributed by atoms with Crippen LogP contribution < -0.4 is 18.8 Å². The molecule has 0 aliphatic rings. The van der Waals surface area contributed by atoms with Gasteiger partial charge in [0, 0.05) is 0 Å². The molecular formula is F4N4O4. The van der Waals surface area contributed by atoms with E-state index in [1.807, 2.05) is 0 Å². The first-order valence-electron chi connectivity index (χ1n) is 0.730. The Balaban J connectivity index is -0.00000000267. The van der Waals surface area contributed by atoms with Crippen molar-refractivity contribution in [2.75, 3.05) is 0 Å². The van der Waals surface area contributed by atoms with Crippen LogP contribution in [0.5, 0.6) is 0 Å². The first kappa shape index (κ1) is 160. The van der Waals surface area contributed by atoms with Gasteiger partial charge in [-0.05, 0) is 0 Å². The predicted molar refractivity (Wildman–Crippen MR) is 9.65 cm³/mol. The molecule has 8 nitrogen and oxygen atoms in total. The summed E-state index contributed by atoms with van der Waals surface area (Å²) >= 11 is 0. The normalized spacial score (nSPS) is 0.667. The van der Waals surface area contributed by atoms with Crippen molar-refractivity contribution in [3.05, 3.63) is 0 Å². The Bertz CT molecular complexity index is 62.0. The molecule has 0 aliphatic heterocycles. The summed E-state index contributed by atoms with van der Waals surface area (Å²) < 4.78 is 29.0. The van der Waals surface area contributed by atoms with E-state index >= 15 is 0 Å². The zero-order valence-corrected chi connectivity index (χ0v) is 4.93. The summed E-state index contributed by atoms with van der Waals surface area (Å²) in [6.07, 6.45) is 0. The predicted octanol–water partition coefficient (Wildman–Crippen LogP) is -12.4. The third-order valence-electron chi connectivity index (χ3n) is 0. The van der Waals surface area contributed by atoms with Gasteiger partial charge in [0.05, 0.1) is 0 Å². The van der Waals surface area contributed by atoms with Crippen LogP contribution in [0.1, 0.15) is 0 Å². The second-order valence-electron chi connectivity index (χ2n) is 0. The van der Waals surface area contributed by atoms with E-state index in [-0.39, 0.29) is 18.8 Å². The quantitative estimate of drug-likeness (QED) is 0.276. The SMILES string of the molecule is N#[O+].N#[O+].N#[O+].N#[O+].[F-].[F-].[F-].[F-]. The molecule has 0 N–H and O–H groups in total. The Labute approximate surface area is 61.2 Å². The maximum atomic E-state index is 7.25. The minimum absolute atomic E-state index is 0. The average molecular weight is 196 g/mol. The van der Waals surface area contributed by atoms with Gasteiger partial charge < -0.3 is 18.8 Å². The largest absolute Gasteiger partial charge is 1.00 e. The van der Waals surface area contributed by atoms with E-state index in [1.165, 1.54) is 0 Å². The van der Waals surface area contributed by atoms with Gasteiger partial charge in [-0.2, -0.15) is 0 Å². The summed E-state index contributed by atoms with van der Waals surface area (Å²) in [6.45, 7) is 0. The summed E-state index contributed by atoms with van der Waals surface area (Å²) in [6, 6.07) is 0. The van der Waals surface area contributed by atoms with Crippen LogP contribution in [0.25, 0.3) is 0 Å². The van der Waals surface area contributed by atoms with Crippen molar-refractivity contribution in [1.82, 2.24) is 0 Å².